The van der Waals surface area contributed by atoms with Crippen molar-refractivity contribution in [1.82, 2.24) is 0 Å². The standard InChI is InChI=1S/C4H6F3NOS/c1-3-8-10(2,9)4(5,6)7/h3H,1H2,2H3. The molecule has 0 aromatic heterocycles. The van der Waals surface area contributed by atoms with Gasteiger partial charge in [-0.1, -0.05) is 6.58 Å². The molecule has 10 heavy (non-hydrogen) atoms. The Bertz CT molecular complexity index is 235. The van der Waals surface area contributed by atoms with Crippen molar-refractivity contribution in [3.8, 4) is 0 Å². The topological polar surface area (TPSA) is 29.4 Å². The van der Waals surface area contributed by atoms with E-state index < -0.39 is 15.2 Å². The van der Waals surface area contributed by atoms with Crippen molar-refractivity contribution in [2.75, 3.05) is 6.26 Å². The molecule has 0 radical (unpaired) electrons. The lowest BCUT2D eigenvalue weighted by atomic mass is 11.1. The zero-order valence-electron chi connectivity index (χ0n) is 5.18. The number of halogens is 3. The van der Waals surface area contributed by atoms with Crippen LogP contribution in [0.4, 0.5) is 13.2 Å². The van der Waals surface area contributed by atoms with E-state index in [0.29, 0.717) is 12.5 Å². The third kappa shape index (κ3) is 2.02. The van der Waals surface area contributed by atoms with E-state index in [2.05, 4.69) is 10.9 Å². The lowest BCUT2D eigenvalue weighted by Crippen LogP contribution is -2.20. The lowest BCUT2D eigenvalue weighted by Gasteiger charge is -2.05. The van der Waals surface area contributed by atoms with E-state index in [4.69, 9.17) is 0 Å². The fourth-order valence-electron chi connectivity index (χ4n) is 0.202. The first kappa shape index (κ1) is 9.48. The summed E-state index contributed by atoms with van der Waals surface area (Å²) in [6.45, 7) is 2.91. The molecular formula is C4H6F3NOS. The van der Waals surface area contributed by atoms with Gasteiger partial charge < -0.3 is 0 Å². The molecule has 0 heterocycles. The van der Waals surface area contributed by atoms with E-state index in [1.807, 2.05) is 0 Å². The normalized spacial score (nSPS) is 17.6. The predicted molar refractivity (Wildman–Crippen MR) is 32.7 cm³/mol. The van der Waals surface area contributed by atoms with Gasteiger partial charge in [-0.05, 0) is 0 Å². The second-order valence-corrected chi connectivity index (χ2v) is 3.82. The average molecular weight is 173 g/mol. The van der Waals surface area contributed by atoms with E-state index in [-0.39, 0.29) is 0 Å². The highest BCUT2D eigenvalue weighted by molar-refractivity contribution is 7.93. The van der Waals surface area contributed by atoms with Crippen LogP contribution in [0.1, 0.15) is 0 Å². The second-order valence-electron chi connectivity index (χ2n) is 1.54. The highest BCUT2D eigenvalue weighted by Gasteiger charge is 2.39. The molecule has 0 saturated heterocycles. The number of rotatable bonds is 1. The van der Waals surface area contributed by atoms with E-state index in [9.17, 15) is 17.4 Å². The minimum atomic E-state index is -4.76. The fourth-order valence-corrected chi connectivity index (χ4v) is 0.606. The Morgan fingerprint density at radius 2 is 2.00 bits per heavy atom. The molecule has 2 nitrogen and oxygen atoms in total. The molecule has 0 saturated carbocycles. The maximum Gasteiger partial charge on any atom is 0.479 e. The van der Waals surface area contributed by atoms with Gasteiger partial charge in [-0.15, -0.1) is 0 Å². The van der Waals surface area contributed by atoms with Gasteiger partial charge in [0.05, 0.1) is 0 Å². The van der Waals surface area contributed by atoms with Crippen LogP contribution >= 0.6 is 0 Å². The highest BCUT2D eigenvalue weighted by Crippen LogP contribution is 2.23. The smallest absolute Gasteiger partial charge is 0.241 e. The van der Waals surface area contributed by atoms with Gasteiger partial charge in [-0.3, -0.25) is 0 Å². The molecule has 1 atom stereocenters. The molecular weight excluding hydrogens is 167 g/mol. The summed E-state index contributed by atoms with van der Waals surface area (Å²) in [5, 5.41) is 0. The molecule has 0 amide bonds. The average Bonchev–Trinajstić information content (AvgIpc) is 1.61. The third-order valence-electron chi connectivity index (χ3n) is 0.705. The quantitative estimate of drug-likeness (QED) is 0.594. The second kappa shape index (κ2) is 2.61. The van der Waals surface area contributed by atoms with Crippen LogP contribution in [0.25, 0.3) is 0 Å². The van der Waals surface area contributed by atoms with Crippen molar-refractivity contribution in [1.29, 1.82) is 0 Å². The van der Waals surface area contributed by atoms with E-state index in [0.717, 1.165) is 0 Å². The van der Waals surface area contributed by atoms with Crippen molar-refractivity contribution in [3.63, 3.8) is 0 Å². The van der Waals surface area contributed by atoms with Gasteiger partial charge in [0.25, 0.3) is 0 Å². The molecule has 0 N–H and O–H groups in total. The van der Waals surface area contributed by atoms with Gasteiger partial charge in [0.2, 0.25) is 0 Å². The van der Waals surface area contributed by atoms with Crippen LogP contribution in [0.5, 0.6) is 0 Å². The molecule has 0 spiro atoms. The molecule has 0 bridgehead atoms. The van der Waals surface area contributed by atoms with Gasteiger partial charge in [0.15, 0.2) is 0 Å². The van der Waals surface area contributed by atoms with E-state index in [1.54, 1.807) is 0 Å². The lowest BCUT2D eigenvalue weighted by molar-refractivity contribution is -0.0396. The van der Waals surface area contributed by atoms with Gasteiger partial charge in [-0.25, -0.2) is 8.57 Å². The first-order valence-electron chi connectivity index (χ1n) is 2.20. The predicted octanol–water partition coefficient (Wildman–Crippen LogP) is 1.75. The molecule has 6 heteroatoms. The van der Waals surface area contributed by atoms with Crippen molar-refractivity contribution in [3.05, 3.63) is 12.8 Å². The number of nitrogens with zero attached hydrogens (tertiary/aromatic N) is 1. The van der Waals surface area contributed by atoms with Crippen LogP contribution in [0.15, 0.2) is 17.1 Å². The highest BCUT2D eigenvalue weighted by atomic mass is 32.2. The van der Waals surface area contributed by atoms with Crippen molar-refractivity contribution in [2.24, 2.45) is 4.36 Å². The Kier molecular flexibility index (Phi) is 2.48. The Labute approximate surface area is 56.9 Å². The SMILES string of the molecule is C=CN=S(C)(=O)C(F)(F)F. The molecule has 60 valence electrons. The maximum atomic E-state index is 11.6. The molecule has 0 aromatic rings. The van der Waals surface area contributed by atoms with Crippen molar-refractivity contribution in [2.45, 2.75) is 5.51 Å². The zero-order chi connectivity index (χ0) is 8.41. The van der Waals surface area contributed by atoms with Gasteiger partial charge in [-0.2, -0.15) is 13.2 Å². The molecule has 1 unspecified atom stereocenters. The van der Waals surface area contributed by atoms with Crippen LogP contribution in [-0.4, -0.2) is 16.0 Å². The third-order valence-corrected chi connectivity index (χ3v) is 2.12. The first-order valence-corrected chi connectivity index (χ1v) is 4.12. The largest absolute Gasteiger partial charge is 0.479 e. The maximum absolute atomic E-state index is 11.6. The van der Waals surface area contributed by atoms with Crippen LogP contribution in [0.3, 0.4) is 0 Å². The molecule has 0 fully saturated rings. The Balaban J connectivity index is 4.94. The van der Waals surface area contributed by atoms with Crippen LogP contribution < -0.4 is 0 Å². The Hall–Kier alpha value is -0.520. The van der Waals surface area contributed by atoms with Gasteiger partial charge in [0.1, 0.15) is 9.73 Å². The van der Waals surface area contributed by atoms with Crippen molar-refractivity contribution >= 4 is 9.73 Å². The summed E-state index contributed by atoms with van der Waals surface area (Å²) in [5.41, 5.74) is -4.76. The fraction of sp³-hybridized carbons (Fsp3) is 0.500. The molecule has 0 aromatic carbocycles. The van der Waals surface area contributed by atoms with E-state index in [1.165, 1.54) is 0 Å². The van der Waals surface area contributed by atoms with E-state index >= 15 is 0 Å². The van der Waals surface area contributed by atoms with Gasteiger partial charge in [0, 0.05) is 12.5 Å². The van der Waals surface area contributed by atoms with Gasteiger partial charge >= 0.3 is 5.51 Å². The van der Waals surface area contributed by atoms with Crippen LogP contribution in [-0.2, 0) is 9.73 Å². The number of hydrogen-bond donors (Lipinski definition) is 0. The van der Waals surface area contributed by atoms with Crippen LogP contribution in [0.2, 0.25) is 0 Å². The summed E-state index contributed by atoms with van der Waals surface area (Å²) in [4.78, 5) is 0. The molecule has 0 rings (SSSR count). The summed E-state index contributed by atoms with van der Waals surface area (Å²) in [7, 11) is -4.09. The summed E-state index contributed by atoms with van der Waals surface area (Å²) in [5.74, 6) is 0. The number of alkyl halides is 3. The summed E-state index contributed by atoms with van der Waals surface area (Å²) in [6.07, 6.45) is 1.16. The zero-order valence-corrected chi connectivity index (χ0v) is 6.00. The minimum Gasteiger partial charge on any atom is -0.241 e. The summed E-state index contributed by atoms with van der Waals surface area (Å²) in [6, 6.07) is 0. The summed E-state index contributed by atoms with van der Waals surface area (Å²) >= 11 is 0. The van der Waals surface area contributed by atoms with Crippen molar-refractivity contribution < 1.29 is 17.4 Å². The Morgan fingerprint density at radius 3 is 2.10 bits per heavy atom. The first-order chi connectivity index (χ1) is 4.31. The van der Waals surface area contributed by atoms with Crippen LogP contribution in [0, 0.1) is 0 Å². The molecule has 0 aliphatic carbocycles. The molecule has 0 aliphatic rings. The molecule has 0 aliphatic heterocycles. The minimum absolute atomic E-state index is 0.522. The number of hydrogen-bond acceptors (Lipinski definition) is 2. The Morgan fingerprint density at radius 1 is 1.60 bits per heavy atom. The summed E-state index contributed by atoms with van der Waals surface area (Å²) < 4.78 is 47.9. The monoisotopic (exact) mass is 173 g/mol.